The number of fused-ring (bicyclic) bond motifs is 1. The van der Waals surface area contributed by atoms with Crippen LogP contribution in [0.4, 0.5) is 19.0 Å². The smallest absolute Gasteiger partial charge is 0.451 e. The number of aromatic nitrogens is 2. The molecule has 22 heavy (non-hydrogen) atoms. The lowest BCUT2D eigenvalue weighted by molar-refractivity contribution is -0.144. The summed E-state index contributed by atoms with van der Waals surface area (Å²) in [4.78, 5) is 7.12. The lowest BCUT2D eigenvalue weighted by atomic mass is 10.2. The van der Waals surface area contributed by atoms with E-state index in [1.165, 1.54) is 13.2 Å². The van der Waals surface area contributed by atoms with Crippen molar-refractivity contribution >= 4 is 16.7 Å². The van der Waals surface area contributed by atoms with Gasteiger partial charge in [0.05, 0.1) is 25.3 Å². The lowest BCUT2D eigenvalue weighted by Gasteiger charge is -2.17. The van der Waals surface area contributed by atoms with Crippen molar-refractivity contribution in [3.8, 4) is 5.75 Å². The summed E-state index contributed by atoms with van der Waals surface area (Å²) in [7, 11) is 1.42. The maximum Gasteiger partial charge on any atom is 0.451 e. The molecule has 0 unspecified atom stereocenters. The number of rotatable bonds is 5. The van der Waals surface area contributed by atoms with Gasteiger partial charge in [-0.1, -0.05) is 6.92 Å². The summed E-state index contributed by atoms with van der Waals surface area (Å²) in [5.41, 5.74) is 0.122. The van der Waals surface area contributed by atoms with Crippen molar-refractivity contribution in [3.05, 3.63) is 24.0 Å². The van der Waals surface area contributed by atoms with Gasteiger partial charge < -0.3 is 15.2 Å². The lowest BCUT2D eigenvalue weighted by Crippen LogP contribution is -2.24. The average molecular weight is 315 g/mol. The van der Waals surface area contributed by atoms with E-state index in [4.69, 9.17) is 4.74 Å². The molecule has 2 N–H and O–H groups in total. The second-order valence-corrected chi connectivity index (χ2v) is 4.71. The zero-order valence-electron chi connectivity index (χ0n) is 12.1. The van der Waals surface area contributed by atoms with Crippen LogP contribution in [0.3, 0.4) is 0 Å². The predicted molar refractivity (Wildman–Crippen MR) is 75.9 cm³/mol. The summed E-state index contributed by atoms with van der Waals surface area (Å²) >= 11 is 0. The van der Waals surface area contributed by atoms with Gasteiger partial charge in [-0.15, -0.1) is 0 Å². The molecule has 0 bridgehead atoms. The minimum absolute atomic E-state index is 0.0425. The molecule has 0 amide bonds. The number of hydrogen-bond donors (Lipinski definition) is 2. The standard InChI is InChI=1S/C14H16F3N3O2/c1-3-8(7-21)18-12-10-5-4-9(22-2)6-11(10)19-13(20-12)14(15,16)17/h4-6,8,21H,3,7H2,1-2H3,(H,18,19,20)/t8-/m1/s1. The fourth-order valence-electron chi connectivity index (χ4n) is 1.94. The molecule has 0 saturated carbocycles. The van der Waals surface area contributed by atoms with E-state index >= 15 is 0 Å². The Morgan fingerprint density at radius 3 is 2.59 bits per heavy atom. The molecular formula is C14H16F3N3O2. The van der Waals surface area contributed by atoms with Crippen LogP contribution in [-0.4, -0.2) is 34.8 Å². The van der Waals surface area contributed by atoms with Gasteiger partial charge in [-0.3, -0.25) is 0 Å². The van der Waals surface area contributed by atoms with Crippen molar-refractivity contribution < 1.29 is 23.0 Å². The van der Waals surface area contributed by atoms with Crippen LogP contribution < -0.4 is 10.1 Å². The summed E-state index contributed by atoms with van der Waals surface area (Å²) < 4.78 is 43.8. The number of benzene rings is 1. The highest BCUT2D eigenvalue weighted by Gasteiger charge is 2.35. The zero-order valence-corrected chi connectivity index (χ0v) is 12.1. The monoisotopic (exact) mass is 315 g/mol. The van der Waals surface area contributed by atoms with Gasteiger partial charge >= 0.3 is 6.18 Å². The maximum absolute atomic E-state index is 12.9. The van der Waals surface area contributed by atoms with Crippen molar-refractivity contribution in [3.63, 3.8) is 0 Å². The number of ether oxygens (including phenoxy) is 1. The van der Waals surface area contributed by atoms with Crippen LogP contribution in [-0.2, 0) is 6.18 Å². The van der Waals surface area contributed by atoms with Gasteiger partial charge in [0.2, 0.25) is 5.82 Å². The van der Waals surface area contributed by atoms with E-state index in [0.717, 1.165) is 0 Å². The van der Waals surface area contributed by atoms with E-state index in [9.17, 15) is 18.3 Å². The van der Waals surface area contributed by atoms with E-state index in [0.29, 0.717) is 17.6 Å². The van der Waals surface area contributed by atoms with E-state index in [-0.39, 0.29) is 24.0 Å². The fraction of sp³-hybridized carbons (Fsp3) is 0.429. The Bertz CT molecular complexity index is 658. The molecule has 0 saturated heterocycles. The average Bonchev–Trinajstić information content (AvgIpc) is 2.50. The van der Waals surface area contributed by atoms with Crippen molar-refractivity contribution in [2.24, 2.45) is 0 Å². The molecule has 120 valence electrons. The Morgan fingerprint density at radius 2 is 2.05 bits per heavy atom. The molecule has 0 spiro atoms. The molecule has 0 aliphatic carbocycles. The van der Waals surface area contributed by atoms with Gasteiger partial charge in [0.25, 0.3) is 0 Å². The third-order valence-electron chi connectivity index (χ3n) is 3.21. The molecule has 0 aliphatic heterocycles. The summed E-state index contributed by atoms with van der Waals surface area (Å²) in [6.07, 6.45) is -4.12. The van der Waals surface area contributed by atoms with E-state index in [1.54, 1.807) is 12.1 Å². The number of methoxy groups -OCH3 is 1. The van der Waals surface area contributed by atoms with Crippen LogP contribution in [0.25, 0.3) is 10.9 Å². The Balaban J connectivity index is 2.60. The summed E-state index contributed by atoms with van der Waals surface area (Å²) in [6, 6.07) is 4.23. The Labute approximate surface area is 125 Å². The molecule has 0 fully saturated rings. The first-order valence-corrected chi connectivity index (χ1v) is 6.69. The van der Waals surface area contributed by atoms with Crippen LogP contribution in [0.5, 0.6) is 5.75 Å². The summed E-state index contributed by atoms with van der Waals surface area (Å²) in [5.74, 6) is -0.788. The molecule has 5 nitrogen and oxygen atoms in total. The highest BCUT2D eigenvalue weighted by atomic mass is 19.4. The highest BCUT2D eigenvalue weighted by molar-refractivity contribution is 5.90. The zero-order chi connectivity index (χ0) is 16.3. The van der Waals surface area contributed by atoms with E-state index in [2.05, 4.69) is 15.3 Å². The van der Waals surface area contributed by atoms with Crippen LogP contribution in [0.2, 0.25) is 0 Å². The number of halogens is 3. The second-order valence-electron chi connectivity index (χ2n) is 4.71. The number of aliphatic hydroxyl groups excluding tert-OH is 1. The third kappa shape index (κ3) is 3.38. The Morgan fingerprint density at radius 1 is 1.32 bits per heavy atom. The molecule has 0 aliphatic rings. The Kier molecular flexibility index (Phi) is 4.70. The number of aliphatic hydroxyl groups is 1. The topological polar surface area (TPSA) is 67.3 Å². The molecule has 2 aromatic rings. The van der Waals surface area contributed by atoms with Gasteiger partial charge in [-0.2, -0.15) is 13.2 Å². The molecule has 0 radical (unpaired) electrons. The first-order chi connectivity index (χ1) is 10.4. The SMILES string of the molecule is CC[C@H](CO)Nc1nc(C(F)(F)F)nc2cc(OC)ccc12. The normalized spacial score (nSPS) is 13.2. The highest BCUT2D eigenvalue weighted by Crippen LogP contribution is 2.32. The third-order valence-corrected chi connectivity index (χ3v) is 3.21. The predicted octanol–water partition coefficient (Wildman–Crippen LogP) is 2.84. The second kappa shape index (κ2) is 6.35. The van der Waals surface area contributed by atoms with Gasteiger partial charge in [0, 0.05) is 11.5 Å². The molecule has 1 aromatic heterocycles. The number of hydrogen-bond acceptors (Lipinski definition) is 5. The van der Waals surface area contributed by atoms with Crippen LogP contribution in [0.15, 0.2) is 18.2 Å². The van der Waals surface area contributed by atoms with Crippen molar-refractivity contribution in [2.45, 2.75) is 25.6 Å². The first kappa shape index (κ1) is 16.3. The molecule has 1 atom stereocenters. The fourth-order valence-corrected chi connectivity index (χ4v) is 1.94. The van der Waals surface area contributed by atoms with E-state index in [1.807, 2.05) is 6.92 Å². The van der Waals surface area contributed by atoms with Crippen LogP contribution in [0.1, 0.15) is 19.2 Å². The molecule has 2 rings (SSSR count). The number of anilines is 1. The van der Waals surface area contributed by atoms with Gasteiger partial charge in [-0.05, 0) is 18.6 Å². The number of alkyl halides is 3. The molecular weight excluding hydrogens is 299 g/mol. The minimum Gasteiger partial charge on any atom is -0.497 e. The summed E-state index contributed by atoms with van der Waals surface area (Å²) in [5, 5.41) is 12.5. The van der Waals surface area contributed by atoms with Gasteiger partial charge in [0.1, 0.15) is 11.6 Å². The van der Waals surface area contributed by atoms with Crippen molar-refractivity contribution in [1.82, 2.24) is 9.97 Å². The summed E-state index contributed by atoms with van der Waals surface area (Å²) in [6.45, 7) is 1.60. The maximum atomic E-state index is 12.9. The first-order valence-electron chi connectivity index (χ1n) is 6.69. The van der Waals surface area contributed by atoms with E-state index < -0.39 is 12.0 Å². The molecule has 1 aromatic carbocycles. The van der Waals surface area contributed by atoms with Crippen LogP contribution in [0, 0.1) is 0 Å². The minimum atomic E-state index is -4.66. The van der Waals surface area contributed by atoms with Crippen molar-refractivity contribution in [2.75, 3.05) is 19.0 Å². The quantitative estimate of drug-likeness (QED) is 0.888. The Hall–Kier alpha value is -2.09. The van der Waals surface area contributed by atoms with Gasteiger partial charge in [-0.25, -0.2) is 9.97 Å². The van der Waals surface area contributed by atoms with Crippen molar-refractivity contribution in [1.29, 1.82) is 0 Å². The molecule has 8 heteroatoms. The van der Waals surface area contributed by atoms with Crippen LogP contribution >= 0.6 is 0 Å². The number of nitrogens with one attached hydrogen (secondary N) is 1. The number of nitrogens with zero attached hydrogens (tertiary/aromatic N) is 2. The van der Waals surface area contributed by atoms with Gasteiger partial charge in [0.15, 0.2) is 0 Å². The molecule has 1 heterocycles. The largest absolute Gasteiger partial charge is 0.497 e.